The van der Waals surface area contributed by atoms with E-state index in [0.29, 0.717) is 25.3 Å². The van der Waals surface area contributed by atoms with E-state index in [1.807, 2.05) is 18.9 Å². The van der Waals surface area contributed by atoms with Gasteiger partial charge in [0.2, 0.25) is 11.8 Å². The van der Waals surface area contributed by atoms with Crippen molar-refractivity contribution in [1.82, 2.24) is 20.1 Å². The zero-order valence-electron chi connectivity index (χ0n) is 33.1. The maximum Gasteiger partial charge on any atom is 0.357 e. The molecule has 1 fully saturated rings. The van der Waals surface area contributed by atoms with E-state index in [2.05, 4.69) is 65.6 Å². The molecular weight excluding hydrogens is 669 g/mol. The molecule has 1 saturated heterocycles. The molecule has 0 spiro atoms. The van der Waals surface area contributed by atoms with Crippen molar-refractivity contribution in [3.63, 3.8) is 0 Å². The lowest BCUT2D eigenvalue weighted by atomic mass is 9.92. The lowest BCUT2D eigenvalue weighted by Gasteiger charge is -2.41. The Balaban J connectivity index is 2.55. The van der Waals surface area contributed by atoms with Crippen LogP contribution >= 0.6 is 11.3 Å². The van der Waals surface area contributed by atoms with Crippen LogP contribution in [0.2, 0.25) is 18.1 Å². The van der Waals surface area contributed by atoms with Crippen molar-refractivity contribution in [3.05, 3.63) is 16.1 Å². The summed E-state index contributed by atoms with van der Waals surface area (Å²) in [5.74, 6) is -0.631. The molecule has 5 atom stereocenters. The third kappa shape index (κ3) is 13.0. The van der Waals surface area contributed by atoms with Crippen molar-refractivity contribution in [2.75, 3.05) is 33.5 Å². The van der Waals surface area contributed by atoms with Gasteiger partial charge in [0.15, 0.2) is 14.0 Å². The minimum absolute atomic E-state index is 0.0528. The number of esters is 1. The van der Waals surface area contributed by atoms with Crippen LogP contribution < -0.4 is 5.32 Å². The second kappa shape index (κ2) is 22.9. The van der Waals surface area contributed by atoms with Gasteiger partial charge in [-0.15, -0.1) is 11.3 Å². The first-order valence-corrected chi connectivity index (χ1v) is 23.0. The minimum atomic E-state index is -2.15. The summed E-state index contributed by atoms with van der Waals surface area (Å²) < 4.78 is 18.9. The van der Waals surface area contributed by atoms with Gasteiger partial charge in [-0.2, -0.15) is 0 Å². The van der Waals surface area contributed by atoms with Crippen LogP contribution in [0, 0.1) is 11.8 Å². The molecule has 0 unspecified atom stereocenters. The molecule has 1 aromatic heterocycles. The molecule has 12 heteroatoms. The normalized spacial score (nSPS) is 18.0. The van der Waals surface area contributed by atoms with E-state index < -0.39 is 26.4 Å². The lowest BCUT2D eigenvalue weighted by molar-refractivity contribution is -0.149. The van der Waals surface area contributed by atoms with Gasteiger partial charge in [0.1, 0.15) is 17.8 Å². The van der Waals surface area contributed by atoms with Crippen molar-refractivity contribution in [3.8, 4) is 0 Å². The summed E-state index contributed by atoms with van der Waals surface area (Å²) in [5, 5.41) is 5.72. The molecule has 0 bridgehead atoms. The number of amides is 2. The molecule has 2 heterocycles. The molecule has 1 aromatic rings. The van der Waals surface area contributed by atoms with Crippen molar-refractivity contribution >= 4 is 37.4 Å². The van der Waals surface area contributed by atoms with Gasteiger partial charge >= 0.3 is 5.97 Å². The molecule has 2 amide bonds. The van der Waals surface area contributed by atoms with Gasteiger partial charge in [-0.1, -0.05) is 88.0 Å². The number of likely N-dealkylation sites (N-methyl/N-ethyl adjacent to an activating group) is 1. The Labute approximate surface area is 308 Å². The SMILES string of the molecule is CCCCOCN(C(=O)[C@@H](NC(=O)[C@H]1CCCCN1C)[C@@H](C)CC)[C@H](C[C@@H](O[Si](CC)(CC)CC)c1nc(C(=O)OCCCC)cs1)C(C)C. The van der Waals surface area contributed by atoms with Crippen molar-refractivity contribution in [1.29, 1.82) is 0 Å². The number of carbonyl (C=O) groups is 3. The van der Waals surface area contributed by atoms with Crippen LogP contribution in [0.3, 0.4) is 0 Å². The third-order valence-electron chi connectivity index (χ3n) is 10.7. The van der Waals surface area contributed by atoms with Crippen LogP contribution in [0.15, 0.2) is 5.38 Å². The van der Waals surface area contributed by atoms with E-state index in [1.54, 1.807) is 5.38 Å². The number of hydrogen-bond acceptors (Lipinski definition) is 9. The Hall–Kier alpha value is -1.86. The fourth-order valence-electron chi connectivity index (χ4n) is 6.64. The maximum absolute atomic E-state index is 14.9. The van der Waals surface area contributed by atoms with E-state index in [9.17, 15) is 14.4 Å². The smallest absolute Gasteiger partial charge is 0.357 e. The van der Waals surface area contributed by atoms with Crippen LogP contribution in [-0.4, -0.2) is 92.5 Å². The number of aromatic nitrogens is 1. The molecule has 0 aromatic carbocycles. The van der Waals surface area contributed by atoms with Gasteiger partial charge in [0.05, 0.1) is 18.8 Å². The summed E-state index contributed by atoms with van der Waals surface area (Å²) in [6, 6.07) is 1.69. The molecule has 0 aliphatic carbocycles. The quantitative estimate of drug-likeness (QED) is 0.0490. The molecule has 1 aliphatic rings. The zero-order chi connectivity index (χ0) is 37.3. The highest BCUT2D eigenvalue weighted by atomic mass is 32.1. The standard InChI is InChI=1S/C38H70N4O6SSi/c1-11-17-23-46-27-42(37(44)34(29(9)13-3)40-35(43)31-21-19-20-22-41(31)10)32(28(7)8)25-33(48-50(14-4,15-5)16-6)36-39-30(26-49-36)38(45)47-24-18-12-2/h26,28-29,31-34H,11-25,27H2,1-10H3,(H,40,43)/t29-,31+,32+,33+,34-/m0/s1. The first-order chi connectivity index (χ1) is 23.9. The highest BCUT2D eigenvalue weighted by Gasteiger charge is 2.40. The minimum Gasteiger partial charge on any atom is -0.461 e. The summed E-state index contributed by atoms with van der Waals surface area (Å²) in [6.45, 7) is 21.1. The average molecular weight is 739 g/mol. The summed E-state index contributed by atoms with van der Waals surface area (Å²) in [7, 11) is -0.152. The average Bonchev–Trinajstić information content (AvgIpc) is 3.61. The Morgan fingerprint density at radius 1 is 1.02 bits per heavy atom. The third-order valence-corrected chi connectivity index (χ3v) is 16.3. The monoisotopic (exact) mass is 738 g/mol. The molecular formula is C38H70N4O6SSi. The van der Waals surface area contributed by atoms with E-state index in [1.165, 1.54) is 11.3 Å². The molecule has 1 aliphatic heterocycles. The number of nitrogens with zero attached hydrogens (tertiary/aromatic N) is 3. The predicted octanol–water partition coefficient (Wildman–Crippen LogP) is 8.20. The number of hydrogen-bond donors (Lipinski definition) is 1. The maximum atomic E-state index is 14.9. The highest BCUT2D eigenvalue weighted by Crippen LogP contribution is 2.37. The van der Waals surface area contributed by atoms with Gasteiger partial charge in [0.25, 0.3) is 0 Å². The van der Waals surface area contributed by atoms with Gasteiger partial charge in [-0.05, 0) is 75.7 Å². The Morgan fingerprint density at radius 3 is 2.26 bits per heavy atom. The number of ether oxygens (including phenoxy) is 2. The van der Waals surface area contributed by atoms with Crippen molar-refractivity contribution in [2.24, 2.45) is 11.8 Å². The summed E-state index contributed by atoms with van der Waals surface area (Å²) in [4.78, 5) is 50.2. The van der Waals surface area contributed by atoms with E-state index in [4.69, 9.17) is 18.9 Å². The number of thiazole rings is 1. The van der Waals surface area contributed by atoms with Gasteiger partial charge < -0.3 is 24.1 Å². The summed E-state index contributed by atoms with van der Waals surface area (Å²) >= 11 is 1.42. The Kier molecular flexibility index (Phi) is 20.3. The van der Waals surface area contributed by atoms with Crippen molar-refractivity contribution < 1.29 is 28.3 Å². The van der Waals surface area contributed by atoms with Crippen LogP contribution in [0.4, 0.5) is 0 Å². The van der Waals surface area contributed by atoms with Crippen LogP contribution in [0.1, 0.15) is 142 Å². The summed E-state index contributed by atoms with van der Waals surface area (Å²) in [6.07, 6.45) is 7.35. The fraction of sp³-hybridized carbons (Fsp3) is 0.842. The largest absolute Gasteiger partial charge is 0.461 e. The van der Waals surface area contributed by atoms with Gasteiger partial charge in [0, 0.05) is 18.0 Å². The van der Waals surface area contributed by atoms with Gasteiger partial charge in [-0.25, -0.2) is 9.78 Å². The fourth-order valence-corrected chi connectivity index (χ4v) is 10.4. The first-order valence-electron chi connectivity index (χ1n) is 19.6. The van der Waals surface area contributed by atoms with E-state index in [0.717, 1.165) is 81.1 Å². The second-order valence-electron chi connectivity index (χ2n) is 14.5. The number of carbonyl (C=O) groups excluding carboxylic acids is 3. The van der Waals surface area contributed by atoms with E-state index >= 15 is 0 Å². The summed E-state index contributed by atoms with van der Waals surface area (Å²) in [5.41, 5.74) is 0.302. The molecule has 2 rings (SSSR count). The van der Waals surface area contributed by atoms with Crippen molar-refractivity contribution in [2.45, 2.75) is 162 Å². The molecule has 0 radical (unpaired) electrons. The van der Waals surface area contributed by atoms with Gasteiger partial charge in [-0.3, -0.25) is 14.5 Å². The van der Waals surface area contributed by atoms with Crippen LogP contribution in [0.25, 0.3) is 0 Å². The number of likely N-dealkylation sites (tertiary alicyclic amines) is 1. The van der Waals surface area contributed by atoms with E-state index in [-0.39, 0.29) is 42.5 Å². The lowest BCUT2D eigenvalue weighted by Crippen LogP contribution is -2.59. The molecule has 10 nitrogen and oxygen atoms in total. The number of piperidine rings is 1. The highest BCUT2D eigenvalue weighted by molar-refractivity contribution is 7.09. The zero-order valence-corrected chi connectivity index (χ0v) is 34.9. The second-order valence-corrected chi connectivity index (χ2v) is 20.1. The number of nitrogens with one attached hydrogen (secondary N) is 1. The molecule has 1 N–H and O–H groups in total. The predicted molar refractivity (Wildman–Crippen MR) is 206 cm³/mol. The molecule has 0 saturated carbocycles. The van der Waals surface area contributed by atoms with Crippen LogP contribution in [0.5, 0.6) is 0 Å². The topological polar surface area (TPSA) is 110 Å². The molecule has 50 heavy (non-hydrogen) atoms. The number of unbranched alkanes of at least 4 members (excludes halogenated alkanes) is 2. The Morgan fingerprint density at radius 2 is 1.68 bits per heavy atom. The Bertz CT molecular complexity index is 1140. The number of rotatable bonds is 24. The first kappa shape index (κ1) is 44.3. The van der Waals surface area contributed by atoms with Crippen LogP contribution in [-0.2, 0) is 23.5 Å². The molecule has 288 valence electrons.